The molecule has 9 aromatic rings. The van der Waals surface area contributed by atoms with Gasteiger partial charge in [0, 0.05) is 16.7 Å². The third-order valence-corrected chi connectivity index (χ3v) is 10.9. The summed E-state index contributed by atoms with van der Waals surface area (Å²) in [5.41, 5.74) is 9.67. The zero-order chi connectivity index (χ0) is 36.9. The summed E-state index contributed by atoms with van der Waals surface area (Å²) in [6.07, 6.45) is 2.21. The molecule has 0 saturated heterocycles. The lowest BCUT2D eigenvalue weighted by Gasteiger charge is -2.36. The van der Waals surface area contributed by atoms with Crippen molar-refractivity contribution in [2.45, 2.75) is 5.41 Å². The first-order valence-corrected chi connectivity index (χ1v) is 18.3. The van der Waals surface area contributed by atoms with Crippen LogP contribution >= 0.6 is 0 Å². The van der Waals surface area contributed by atoms with Crippen LogP contribution in [-0.4, -0.2) is 9.97 Å². The molecule has 2 nitrogen and oxygen atoms in total. The molecular weight excluding hydrogens is 679 g/mol. The first kappa shape index (κ1) is 32.6. The Kier molecular flexibility index (Phi) is 7.77. The third-order valence-electron chi connectivity index (χ3n) is 10.9. The molecule has 10 rings (SSSR count). The average molecular weight is 711 g/mol. The molecular formula is C51H32F2N2. The molecule has 1 aliphatic carbocycles. The molecule has 260 valence electrons. The molecule has 0 fully saturated rings. The maximum absolute atomic E-state index is 14.4. The average Bonchev–Trinajstić information content (AvgIpc) is 3.59. The second-order valence-corrected chi connectivity index (χ2v) is 14.1. The monoisotopic (exact) mass is 710 g/mol. The van der Waals surface area contributed by atoms with Crippen molar-refractivity contribution in [1.29, 1.82) is 0 Å². The highest BCUT2D eigenvalue weighted by Gasteiger charge is 2.45. The molecule has 0 saturated carbocycles. The van der Waals surface area contributed by atoms with Crippen LogP contribution in [0.1, 0.15) is 27.8 Å². The van der Waals surface area contributed by atoms with Crippen molar-refractivity contribution in [3.05, 3.63) is 228 Å². The highest BCUT2D eigenvalue weighted by molar-refractivity contribution is 6.00. The van der Waals surface area contributed by atoms with Gasteiger partial charge in [0.25, 0.3) is 0 Å². The van der Waals surface area contributed by atoms with Crippen LogP contribution in [0.15, 0.2) is 188 Å². The van der Waals surface area contributed by atoms with E-state index in [9.17, 15) is 8.78 Å². The SMILES string of the molecule is Fc1ccc(C2(c3ccc(F)cc3)C(c3ccc(-c4cc(-c5ccc6ccccc6c5)nc(-c5ccc6ccccc6c5)n4)cc3)=Cc3ccccc32)cc1. The van der Waals surface area contributed by atoms with Gasteiger partial charge in [-0.15, -0.1) is 0 Å². The number of allylic oxidation sites excluding steroid dienone is 1. The summed E-state index contributed by atoms with van der Waals surface area (Å²) in [6.45, 7) is 0. The number of hydrogen-bond acceptors (Lipinski definition) is 2. The van der Waals surface area contributed by atoms with E-state index in [1.54, 1.807) is 0 Å². The van der Waals surface area contributed by atoms with Crippen LogP contribution in [-0.2, 0) is 5.41 Å². The quantitative estimate of drug-likeness (QED) is 0.172. The van der Waals surface area contributed by atoms with Gasteiger partial charge < -0.3 is 0 Å². The van der Waals surface area contributed by atoms with Crippen molar-refractivity contribution in [3.8, 4) is 33.9 Å². The summed E-state index contributed by atoms with van der Waals surface area (Å²) in [7, 11) is 0. The standard InChI is InChI=1S/C51H32F2N2/c52-44-25-21-42(22-26-44)51(43-23-27-45(53)28-24-43)46-12-6-5-11-39(46)31-47(51)35-15-17-36(18-16-35)48-32-49(40-19-13-33-7-1-3-9-37(33)29-40)55-50(54-48)41-20-14-34-8-2-4-10-38(34)30-41/h1-32H. The van der Waals surface area contributed by atoms with Crippen LogP contribution in [0.4, 0.5) is 8.78 Å². The lowest BCUT2D eigenvalue weighted by Crippen LogP contribution is -2.29. The fraction of sp³-hybridized carbons (Fsp3) is 0.0196. The van der Waals surface area contributed by atoms with E-state index in [0.717, 1.165) is 77.6 Å². The Morgan fingerprint density at radius 3 is 1.47 bits per heavy atom. The molecule has 0 unspecified atom stereocenters. The first-order valence-electron chi connectivity index (χ1n) is 18.3. The number of halogens is 2. The molecule has 4 heteroatoms. The van der Waals surface area contributed by atoms with Crippen LogP contribution in [0, 0.1) is 11.6 Å². The van der Waals surface area contributed by atoms with E-state index in [2.05, 4.69) is 121 Å². The smallest absolute Gasteiger partial charge is 0.160 e. The largest absolute Gasteiger partial charge is 0.228 e. The van der Waals surface area contributed by atoms with E-state index in [-0.39, 0.29) is 11.6 Å². The molecule has 0 aliphatic heterocycles. The van der Waals surface area contributed by atoms with Crippen molar-refractivity contribution in [2.75, 3.05) is 0 Å². The van der Waals surface area contributed by atoms with Crippen LogP contribution in [0.2, 0.25) is 0 Å². The van der Waals surface area contributed by atoms with E-state index in [1.165, 1.54) is 29.7 Å². The Morgan fingerprint density at radius 2 is 0.855 bits per heavy atom. The zero-order valence-electron chi connectivity index (χ0n) is 29.6. The summed E-state index contributed by atoms with van der Waals surface area (Å²) < 4.78 is 28.8. The summed E-state index contributed by atoms with van der Waals surface area (Å²) in [4.78, 5) is 10.3. The Morgan fingerprint density at radius 1 is 0.382 bits per heavy atom. The highest BCUT2D eigenvalue weighted by Crippen LogP contribution is 2.55. The third kappa shape index (κ3) is 5.62. The molecule has 0 N–H and O–H groups in total. The van der Waals surface area contributed by atoms with Gasteiger partial charge in [-0.2, -0.15) is 0 Å². The number of nitrogens with zero attached hydrogens (tertiary/aromatic N) is 2. The van der Waals surface area contributed by atoms with Crippen LogP contribution in [0.3, 0.4) is 0 Å². The lowest BCUT2D eigenvalue weighted by molar-refractivity contribution is 0.624. The van der Waals surface area contributed by atoms with Gasteiger partial charge in [0.1, 0.15) is 11.6 Å². The zero-order valence-corrected chi connectivity index (χ0v) is 29.6. The van der Waals surface area contributed by atoms with Crippen molar-refractivity contribution in [1.82, 2.24) is 9.97 Å². The van der Waals surface area contributed by atoms with Gasteiger partial charge >= 0.3 is 0 Å². The second-order valence-electron chi connectivity index (χ2n) is 14.1. The van der Waals surface area contributed by atoms with Gasteiger partial charge in [0.15, 0.2) is 5.82 Å². The topological polar surface area (TPSA) is 25.8 Å². The predicted molar refractivity (Wildman–Crippen MR) is 220 cm³/mol. The molecule has 1 heterocycles. The van der Waals surface area contributed by atoms with Gasteiger partial charge in [-0.05, 0) is 103 Å². The minimum Gasteiger partial charge on any atom is -0.228 e. The van der Waals surface area contributed by atoms with E-state index >= 15 is 0 Å². The van der Waals surface area contributed by atoms with Crippen molar-refractivity contribution in [3.63, 3.8) is 0 Å². The van der Waals surface area contributed by atoms with Gasteiger partial charge in [0.05, 0.1) is 16.8 Å². The molecule has 0 bridgehead atoms. The molecule has 8 aromatic carbocycles. The Balaban J connectivity index is 1.12. The van der Waals surface area contributed by atoms with Gasteiger partial charge in [0.2, 0.25) is 0 Å². The van der Waals surface area contributed by atoms with E-state index < -0.39 is 5.41 Å². The number of benzene rings is 8. The number of rotatable bonds is 6. The fourth-order valence-corrected chi connectivity index (χ4v) is 8.23. The first-order chi connectivity index (χ1) is 27.0. The minimum absolute atomic E-state index is 0.310. The molecule has 55 heavy (non-hydrogen) atoms. The van der Waals surface area contributed by atoms with Gasteiger partial charge in [-0.25, -0.2) is 18.7 Å². The number of hydrogen-bond donors (Lipinski definition) is 0. The summed E-state index contributed by atoms with van der Waals surface area (Å²) in [6, 6.07) is 61.6. The molecule has 1 aliphatic rings. The Bertz CT molecular complexity index is 2790. The lowest BCUT2D eigenvalue weighted by atomic mass is 9.65. The summed E-state index contributed by atoms with van der Waals surface area (Å²) >= 11 is 0. The molecule has 0 spiro atoms. The molecule has 0 radical (unpaired) electrons. The molecule has 1 aromatic heterocycles. The fourth-order valence-electron chi connectivity index (χ4n) is 8.23. The summed E-state index contributed by atoms with van der Waals surface area (Å²) in [5, 5.41) is 4.61. The summed E-state index contributed by atoms with van der Waals surface area (Å²) in [5.74, 6) is 0.0290. The van der Waals surface area contributed by atoms with Crippen molar-refractivity contribution in [2.24, 2.45) is 0 Å². The maximum Gasteiger partial charge on any atom is 0.160 e. The Labute approximate surface area is 317 Å². The maximum atomic E-state index is 14.4. The number of aromatic nitrogens is 2. The highest BCUT2D eigenvalue weighted by atomic mass is 19.1. The van der Waals surface area contributed by atoms with Crippen molar-refractivity contribution < 1.29 is 8.78 Å². The van der Waals surface area contributed by atoms with Gasteiger partial charge in [-0.3, -0.25) is 0 Å². The predicted octanol–water partition coefficient (Wildman–Crippen LogP) is 13.0. The van der Waals surface area contributed by atoms with Crippen LogP contribution < -0.4 is 0 Å². The molecule has 0 atom stereocenters. The molecule has 0 amide bonds. The number of fused-ring (bicyclic) bond motifs is 3. The van der Waals surface area contributed by atoms with Crippen LogP contribution in [0.25, 0.3) is 67.1 Å². The van der Waals surface area contributed by atoms with Gasteiger partial charge in [-0.1, -0.05) is 146 Å². The second kappa shape index (κ2) is 13.1. The van der Waals surface area contributed by atoms with E-state index in [0.29, 0.717) is 5.82 Å². The minimum atomic E-state index is -0.805. The van der Waals surface area contributed by atoms with E-state index in [4.69, 9.17) is 9.97 Å². The normalized spacial score (nSPS) is 13.2. The van der Waals surface area contributed by atoms with Crippen molar-refractivity contribution >= 4 is 33.2 Å². The Hall–Kier alpha value is -7.04. The van der Waals surface area contributed by atoms with Crippen LogP contribution in [0.5, 0.6) is 0 Å². The van der Waals surface area contributed by atoms with E-state index in [1.807, 2.05) is 48.5 Å².